The van der Waals surface area contributed by atoms with Crippen LogP contribution in [0.1, 0.15) is 49.7 Å². The molecule has 6 heteroatoms. The molecule has 0 amide bonds. The van der Waals surface area contributed by atoms with Gasteiger partial charge in [0.2, 0.25) is 0 Å². The van der Waals surface area contributed by atoms with Crippen LogP contribution in [-0.2, 0) is 11.3 Å². The maximum atomic E-state index is 6.08. The molecule has 2 aliphatic rings. The molecule has 158 valence electrons. The average Bonchev–Trinajstić information content (AvgIpc) is 3.46. The Morgan fingerprint density at radius 1 is 1.25 bits per heavy atom. The van der Waals surface area contributed by atoms with Crippen molar-refractivity contribution in [3.63, 3.8) is 0 Å². The van der Waals surface area contributed by atoms with Crippen molar-refractivity contribution in [2.45, 2.75) is 52.0 Å². The van der Waals surface area contributed by atoms with Crippen LogP contribution in [0.4, 0.5) is 0 Å². The topological polar surface area (TPSA) is 54.9 Å². The molecule has 0 heterocycles. The fourth-order valence-electron chi connectivity index (χ4n) is 3.62. The lowest BCUT2D eigenvalue weighted by Crippen LogP contribution is -2.46. The Morgan fingerprint density at radius 2 is 2.04 bits per heavy atom. The fourth-order valence-corrected chi connectivity index (χ4v) is 3.62. The van der Waals surface area contributed by atoms with Crippen LogP contribution in [0.25, 0.3) is 0 Å². The third kappa shape index (κ3) is 6.79. The molecular formula is C22H36IN3O2. The van der Waals surface area contributed by atoms with E-state index in [1.54, 1.807) is 7.11 Å². The Bertz CT molecular complexity index is 643. The van der Waals surface area contributed by atoms with E-state index in [1.165, 1.54) is 43.2 Å². The maximum Gasteiger partial charge on any atom is 0.191 e. The maximum absolute atomic E-state index is 6.08. The van der Waals surface area contributed by atoms with Crippen LogP contribution in [-0.4, -0.2) is 39.9 Å². The highest BCUT2D eigenvalue weighted by Crippen LogP contribution is 2.43. The summed E-state index contributed by atoms with van der Waals surface area (Å²) in [5, 5.41) is 6.98. The van der Waals surface area contributed by atoms with Crippen LogP contribution in [0.2, 0.25) is 0 Å². The van der Waals surface area contributed by atoms with E-state index < -0.39 is 0 Å². The number of aryl methyl sites for hydroxylation is 1. The number of nitrogens with one attached hydrogen (secondary N) is 2. The zero-order valence-corrected chi connectivity index (χ0v) is 19.9. The molecule has 1 aromatic rings. The van der Waals surface area contributed by atoms with Crippen LogP contribution < -0.4 is 15.4 Å². The monoisotopic (exact) mass is 501 g/mol. The van der Waals surface area contributed by atoms with E-state index in [0.29, 0.717) is 12.0 Å². The smallest absolute Gasteiger partial charge is 0.191 e. The lowest BCUT2D eigenvalue weighted by Gasteiger charge is -2.42. The zero-order valence-electron chi connectivity index (χ0n) is 17.6. The van der Waals surface area contributed by atoms with Crippen molar-refractivity contribution in [3.05, 3.63) is 29.3 Å². The Morgan fingerprint density at radius 3 is 2.64 bits per heavy atom. The second-order valence-electron chi connectivity index (χ2n) is 8.24. The van der Waals surface area contributed by atoms with Crippen LogP contribution in [0.3, 0.4) is 0 Å². The average molecular weight is 501 g/mol. The van der Waals surface area contributed by atoms with E-state index in [-0.39, 0.29) is 24.0 Å². The molecule has 28 heavy (non-hydrogen) atoms. The summed E-state index contributed by atoms with van der Waals surface area (Å²) in [6, 6.07) is 6.44. The van der Waals surface area contributed by atoms with Gasteiger partial charge in [0, 0.05) is 39.4 Å². The van der Waals surface area contributed by atoms with Crippen molar-refractivity contribution in [1.29, 1.82) is 0 Å². The van der Waals surface area contributed by atoms with E-state index in [0.717, 1.165) is 43.8 Å². The molecule has 2 fully saturated rings. The number of hydrogen-bond donors (Lipinski definition) is 2. The van der Waals surface area contributed by atoms with E-state index in [1.807, 2.05) is 7.05 Å². The lowest BCUT2D eigenvalue weighted by molar-refractivity contribution is 0.0732. The number of methoxy groups -OCH3 is 1. The van der Waals surface area contributed by atoms with Gasteiger partial charge in [0.1, 0.15) is 5.75 Å². The number of hydrogen-bond acceptors (Lipinski definition) is 3. The minimum atomic E-state index is 0. The molecule has 0 spiro atoms. The van der Waals surface area contributed by atoms with Crippen molar-refractivity contribution >= 4 is 29.9 Å². The lowest BCUT2D eigenvalue weighted by atomic mass is 9.67. The quantitative estimate of drug-likeness (QED) is 0.286. The first-order chi connectivity index (χ1) is 13.1. The number of aliphatic imine (C=N–C) groups is 1. The summed E-state index contributed by atoms with van der Waals surface area (Å²) < 4.78 is 11.4. The van der Waals surface area contributed by atoms with Crippen molar-refractivity contribution < 1.29 is 9.47 Å². The van der Waals surface area contributed by atoms with Gasteiger partial charge in [-0.1, -0.05) is 18.6 Å². The summed E-state index contributed by atoms with van der Waals surface area (Å²) in [5.41, 5.74) is 2.79. The second kappa shape index (κ2) is 11.2. The Kier molecular flexibility index (Phi) is 9.34. The van der Waals surface area contributed by atoms with Crippen LogP contribution >= 0.6 is 24.0 Å². The summed E-state index contributed by atoms with van der Waals surface area (Å²) in [6.07, 6.45) is 7.60. The minimum absolute atomic E-state index is 0. The summed E-state index contributed by atoms with van der Waals surface area (Å²) in [7, 11) is 3.61. The van der Waals surface area contributed by atoms with E-state index in [4.69, 9.17) is 9.47 Å². The number of rotatable bonds is 10. The second-order valence-corrected chi connectivity index (χ2v) is 8.24. The highest BCUT2D eigenvalue weighted by atomic mass is 127. The SMILES string of the molecule is CN=C(NCc1ccc(C)cc1OCC1CC1)NCC1(CCOC)CCC1.I. The highest BCUT2D eigenvalue weighted by Gasteiger charge is 2.36. The minimum Gasteiger partial charge on any atom is -0.493 e. The molecule has 1 aromatic carbocycles. The van der Waals surface area contributed by atoms with Crippen molar-refractivity contribution in [2.24, 2.45) is 16.3 Å². The van der Waals surface area contributed by atoms with Gasteiger partial charge in [-0.15, -0.1) is 24.0 Å². The number of ether oxygens (including phenoxy) is 2. The van der Waals surface area contributed by atoms with Gasteiger partial charge < -0.3 is 20.1 Å². The van der Waals surface area contributed by atoms with Crippen LogP contribution in [0.5, 0.6) is 5.75 Å². The third-order valence-electron chi connectivity index (χ3n) is 5.95. The van der Waals surface area contributed by atoms with Gasteiger partial charge >= 0.3 is 0 Å². The first-order valence-electron chi connectivity index (χ1n) is 10.3. The first-order valence-corrected chi connectivity index (χ1v) is 10.3. The van der Waals surface area contributed by atoms with Crippen LogP contribution in [0, 0.1) is 18.3 Å². The molecule has 2 saturated carbocycles. The van der Waals surface area contributed by atoms with Gasteiger partial charge in [0.15, 0.2) is 5.96 Å². The Balaban J connectivity index is 0.00000280. The predicted octanol–water partition coefficient (Wildman–Crippen LogP) is 4.27. The van der Waals surface area contributed by atoms with E-state index in [2.05, 4.69) is 40.7 Å². The number of benzene rings is 1. The van der Waals surface area contributed by atoms with Crippen molar-refractivity contribution in [1.82, 2.24) is 10.6 Å². The molecule has 3 rings (SSSR count). The number of nitrogens with zero attached hydrogens (tertiary/aromatic N) is 1. The third-order valence-corrected chi connectivity index (χ3v) is 5.95. The van der Waals surface area contributed by atoms with Crippen molar-refractivity contribution in [2.75, 3.05) is 33.9 Å². The van der Waals surface area contributed by atoms with Gasteiger partial charge in [-0.3, -0.25) is 4.99 Å². The van der Waals surface area contributed by atoms with Gasteiger partial charge in [-0.05, 0) is 62.0 Å². The van der Waals surface area contributed by atoms with Gasteiger partial charge in [-0.25, -0.2) is 0 Å². The molecular weight excluding hydrogens is 465 g/mol. The largest absolute Gasteiger partial charge is 0.493 e. The predicted molar refractivity (Wildman–Crippen MR) is 126 cm³/mol. The Labute approximate surface area is 187 Å². The normalized spacial score (nSPS) is 18.0. The first kappa shape index (κ1) is 23.3. The molecule has 2 aliphatic carbocycles. The number of guanidine groups is 1. The van der Waals surface area contributed by atoms with Gasteiger partial charge in [0.05, 0.1) is 6.61 Å². The summed E-state index contributed by atoms with van der Waals surface area (Å²) in [6.45, 7) is 5.45. The summed E-state index contributed by atoms with van der Waals surface area (Å²) in [5.74, 6) is 2.61. The van der Waals surface area contributed by atoms with Gasteiger partial charge in [-0.2, -0.15) is 0 Å². The molecule has 0 unspecified atom stereocenters. The van der Waals surface area contributed by atoms with Crippen LogP contribution in [0.15, 0.2) is 23.2 Å². The summed E-state index contributed by atoms with van der Waals surface area (Å²) in [4.78, 5) is 4.40. The standard InChI is InChI=1S/C22H35N3O2.HI/c1-17-5-8-19(20(13-17)27-15-18-6-7-18)14-24-21(23-2)25-16-22(9-4-10-22)11-12-26-3;/h5,8,13,18H,4,6-7,9-12,14-16H2,1-3H3,(H2,23,24,25);1H. The molecule has 0 atom stereocenters. The molecule has 5 nitrogen and oxygen atoms in total. The van der Waals surface area contributed by atoms with Gasteiger partial charge in [0.25, 0.3) is 0 Å². The molecule has 0 radical (unpaired) electrons. The molecule has 0 aromatic heterocycles. The summed E-state index contributed by atoms with van der Waals surface area (Å²) >= 11 is 0. The highest BCUT2D eigenvalue weighted by molar-refractivity contribution is 14.0. The van der Waals surface area contributed by atoms with E-state index >= 15 is 0 Å². The fraction of sp³-hybridized carbons (Fsp3) is 0.682. The van der Waals surface area contributed by atoms with E-state index in [9.17, 15) is 0 Å². The zero-order chi connectivity index (χ0) is 19.1. The Hall–Kier alpha value is -1.02. The molecule has 0 aliphatic heterocycles. The molecule has 0 bridgehead atoms. The number of halogens is 1. The molecule has 0 saturated heterocycles. The molecule has 2 N–H and O–H groups in total. The van der Waals surface area contributed by atoms with Crippen molar-refractivity contribution in [3.8, 4) is 5.75 Å².